The van der Waals surface area contributed by atoms with E-state index in [1.54, 1.807) is 19.1 Å². The number of hydrogen-bond donors (Lipinski definition) is 3. The van der Waals surface area contributed by atoms with Crippen molar-refractivity contribution in [1.82, 2.24) is 9.80 Å². The van der Waals surface area contributed by atoms with Gasteiger partial charge in [-0.15, -0.1) is 0 Å². The summed E-state index contributed by atoms with van der Waals surface area (Å²) in [4.78, 5) is 39.6. The van der Waals surface area contributed by atoms with E-state index in [1.807, 2.05) is 28.8 Å². The average Bonchev–Trinajstić information content (AvgIpc) is 3.02. The third kappa shape index (κ3) is 4.35. The van der Waals surface area contributed by atoms with Crippen molar-refractivity contribution in [2.75, 3.05) is 13.1 Å². The Kier molecular flexibility index (Phi) is 6.79. The molecule has 4 rings (SSSR count). The third-order valence-corrected chi connectivity index (χ3v) is 8.36. The summed E-state index contributed by atoms with van der Waals surface area (Å²) in [6, 6.07) is 3.03. The lowest BCUT2D eigenvalue weighted by Gasteiger charge is -2.46. The van der Waals surface area contributed by atoms with Crippen molar-refractivity contribution < 1.29 is 29.2 Å². The number of nitrogens with two attached hydrogens (primary N) is 1. The number of amides is 2. The average molecular weight is 504 g/mol. The first kappa shape index (κ1) is 24.4. The summed E-state index contributed by atoms with van der Waals surface area (Å²) >= 11 is 6.88. The van der Waals surface area contributed by atoms with Gasteiger partial charge in [0, 0.05) is 36.0 Å². The molecule has 1 saturated heterocycles. The number of rotatable bonds is 6. The maximum atomic E-state index is 12.5. The lowest BCUT2D eigenvalue weighted by Crippen LogP contribution is -2.63. The number of primary amides is 1. The summed E-state index contributed by atoms with van der Waals surface area (Å²) in [5.74, 6) is -2.78. The number of fused-ring (bicyclic) bond motifs is 1. The van der Waals surface area contributed by atoms with E-state index in [1.165, 1.54) is 22.2 Å². The number of aliphatic hydroxyl groups excluding tert-OH is 1. The normalized spacial score (nSPS) is 25.0. The topological polar surface area (TPSA) is 128 Å². The van der Waals surface area contributed by atoms with E-state index < -0.39 is 23.9 Å². The first-order valence-corrected chi connectivity index (χ1v) is 12.2. The zero-order valence-corrected chi connectivity index (χ0v) is 20.5. The van der Waals surface area contributed by atoms with Crippen LogP contribution in [0.1, 0.15) is 30.6 Å². The molecule has 4 N–H and O–H groups in total. The Labute approximate surface area is 206 Å². The van der Waals surface area contributed by atoms with Gasteiger partial charge in [0.2, 0.25) is 11.8 Å². The molecule has 0 aromatic carbocycles. The van der Waals surface area contributed by atoms with E-state index in [-0.39, 0.29) is 23.6 Å². The first-order valence-electron chi connectivity index (χ1n) is 11.0. The lowest BCUT2D eigenvalue weighted by atomic mass is 9.79. The quantitative estimate of drug-likeness (QED) is 0.226. The molecule has 180 valence electrons. The van der Waals surface area contributed by atoms with Gasteiger partial charge < -0.3 is 25.7 Å². The Hall–Kier alpha value is -2.76. The van der Waals surface area contributed by atoms with Gasteiger partial charge in [-0.2, -0.15) is 0 Å². The smallest absolute Gasteiger partial charge is 0.353 e. The van der Waals surface area contributed by atoms with Crippen LogP contribution in [0.4, 0.5) is 0 Å². The molecule has 0 unspecified atom stereocenters. The van der Waals surface area contributed by atoms with Gasteiger partial charge in [-0.25, -0.2) is 9.36 Å². The molecule has 3 aliphatic rings. The van der Waals surface area contributed by atoms with Crippen LogP contribution in [0.15, 0.2) is 46.8 Å². The second-order valence-electron chi connectivity index (χ2n) is 8.82. The fraction of sp³-hybridized carbons (Fsp3) is 0.435. The van der Waals surface area contributed by atoms with E-state index in [0.717, 1.165) is 6.42 Å². The van der Waals surface area contributed by atoms with Gasteiger partial charge in [0.1, 0.15) is 10.0 Å². The number of hydrogen-bond acceptors (Lipinski definition) is 6. The molecule has 4 heterocycles. The number of β-lactam (4-membered cyclic amide) rings is 1. The molecule has 34 heavy (non-hydrogen) atoms. The molecule has 1 aromatic rings. The van der Waals surface area contributed by atoms with Crippen molar-refractivity contribution in [3.63, 3.8) is 0 Å². The van der Waals surface area contributed by atoms with Crippen LogP contribution in [0.2, 0.25) is 0 Å². The number of thioether (sulfide) groups is 1. The Bertz CT molecular complexity index is 1110. The highest BCUT2D eigenvalue weighted by atomic mass is 32.2. The van der Waals surface area contributed by atoms with E-state index >= 15 is 0 Å². The van der Waals surface area contributed by atoms with Crippen LogP contribution < -0.4 is 10.3 Å². The van der Waals surface area contributed by atoms with Crippen LogP contribution in [0.3, 0.4) is 0 Å². The highest BCUT2D eigenvalue weighted by Crippen LogP contribution is 2.50. The summed E-state index contributed by atoms with van der Waals surface area (Å²) in [5, 5.41) is 19.8. The minimum Gasteiger partial charge on any atom is -0.477 e. The zero-order valence-electron chi connectivity index (χ0n) is 18.9. The zero-order chi connectivity index (χ0) is 24.7. The van der Waals surface area contributed by atoms with Crippen LogP contribution in [-0.4, -0.2) is 67.4 Å². The standard InChI is InChI=1S/C23H26N4O5S2/c1-12-17-16(13(2)28)21(30)27(17)18(22(31)32)19(12)34-23(33)26-9-3-14(4-10-26)11-25-7-5-15(6-8-25)20(24)29/h3,5-8,12-13,16-17,28H,4,9-11H2,1-2H3,(H2-,24,29,31,32)/p+1/t12-,13-,16-,17-/m1/s1. The second kappa shape index (κ2) is 9.47. The second-order valence-corrected chi connectivity index (χ2v) is 10.5. The van der Waals surface area contributed by atoms with Gasteiger partial charge in [0.15, 0.2) is 18.9 Å². The molecule has 0 bridgehead atoms. The molecular weight excluding hydrogens is 476 g/mol. The number of carboxylic acid groups (broad SMARTS) is 1. The number of pyridine rings is 1. The predicted octanol–water partition coefficient (Wildman–Crippen LogP) is 0.877. The van der Waals surface area contributed by atoms with Crippen LogP contribution in [0, 0.1) is 11.8 Å². The summed E-state index contributed by atoms with van der Waals surface area (Å²) in [6.07, 6.45) is 5.71. The molecule has 0 saturated carbocycles. The number of thiocarbonyl (C=S) groups is 1. The molecule has 0 aliphatic carbocycles. The summed E-state index contributed by atoms with van der Waals surface area (Å²) in [7, 11) is 0. The van der Waals surface area contributed by atoms with Crippen molar-refractivity contribution in [1.29, 1.82) is 0 Å². The molecule has 1 fully saturated rings. The molecule has 0 spiro atoms. The SMILES string of the molecule is C[C@@H](O)[C@H]1C(=O)N2C(C(=O)O)=C(SC(=S)N3CC=C(C[n+]4ccc(C(N)=O)cc4)CC3)[C@H](C)[C@H]12. The van der Waals surface area contributed by atoms with Gasteiger partial charge in [0.05, 0.1) is 23.6 Å². The molecule has 3 aliphatic heterocycles. The molecule has 0 radical (unpaired) electrons. The Morgan fingerprint density at radius 1 is 1.35 bits per heavy atom. The van der Waals surface area contributed by atoms with Crippen LogP contribution >= 0.6 is 24.0 Å². The largest absolute Gasteiger partial charge is 0.477 e. The highest BCUT2D eigenvalue weighted by molar-refractivity contribution is 8.25. The minimum absolute atomic E-state index is 0.0178. The van der Waals surface area contributed by atoms with Gasteiger partial charge in [-0.1, -0.05) is 37.0 Å². The number of nitrogens with zero attached hydrogens (tertiary/aromatic N) is 3. The van der Waals surface area contributed by atoms with Crippen molar-refractivity contribution in [2.24, 2.45) is 17.6 Å². The van der Waals surface area contributed by atoms with Crippen molar-refractivity contribution >= 4 is 46.1 Å². The molecular formula is C23H27N4O5S2+. The Morgan fingerprint density at radius 3 is 2.56 bits per heavy atom. The Morgan fingerprint density at radius 2 is 2.03 bits per heavy atom. The summed E-state index contributed by atoms with van der Waals surface area (Å²) in [6.45, 7) is 5.44. The van der Waals surface area contributed by atoms with Crippen molar-refractivity contribution in [3.05, 3.63) is 52.3 Å². The maximum Gasteiger partial charge on any atom is 0.353 e. The number of aliphatic carboxylic acids is 1. The number of carbonyl (C=O) groups excluding carboxylic acids is 2. The van der Waals surface area contributed by atoms with Crippen LogP contribution in [0.25, 0.3) is 0 Å². The minimum atomic E-state index is -1.16. The number of aromatic nitrogens is 1. The van der Waals surface area contributed by atoms with E-state index in [2.05, 4.69) is 6.08 Å². The van der Waals surface area contributed by atoms with Gasteiger partial charge in [0.25, 0.3) is 0 Å². The first-order chi connectivity index (χ1) is 16.1. The summed E-state index contributed by atoms with van der Waals surface area (Å²) in [5.41, 5.74) is 6.96. The number of carboxylic acids is 1. The number of aliphatic hydroxyl groups is 1. The van der Waals surface area contributed by atoms with E-state index in [4.69, 9.17) is 18.0 Å². The highest BCUT2D eigenvalue weighted by Gasteiger charge is 2.60. The maximum absolute atomic E-state index is 12.5. The van der Waals surface area contributed by atoms with Crippen molar-refractivity contribution in [2.45, 2.75) is 39.0 Å². The fourth-order valence-electron chi connectivity index (χ4n) is 4.80. The molecule has 4 atom stereocenters. The Balaban J connectivity index is 1.41. The number of carbonyl (C=O) groups is 3. The monoisotopic (exact) mass is 503 g/mol. The van der Waals surface area contributed by atoms with Gasteiger partial charge in [-0.3, -0.25) is 9.59 Å². The molecule has 2 amide bonds. The van der Waals surface area contributed by atoms with Crippen LogP contribution in [0.5, 0.6) is 0 Å². The fourth-order valence-corrected chi connectivity index (χ4v) is 6.32. The van der Waals surface area contributed by atoms with Crippen molar-refractivity contribution in [3.8, 4) is 0 Å². The molecule has 9 nitrogen and oxygen atoms in total. The molecule has 11 heteroatoms. The predicted molar refractivity (Wildman–Crippen MR) is 129 cm³/mol. The van der Waals surface area contributed by atoms with E-state index in [0.29, 0.717) is 34.4 Å². The van der Waals surface area contributed by atoms with Crippen LogP contribution in [-0.2, 0) is 16.1 Å². The lowest BCUT2D eigenvalue weighted by molar-refractivity contribution is -0.689. The third-order valence-electron chi connectivity index (χ3n) is 6.63. The van der Waals surface area contributed by atoms with E-state index in [9.17, 15) is 24.6 Å². The van der Waals surface area contributed by atoms with Gasteiger partial charge >= 0.3 is 5.97 Å². The summed E-state index contributed by atoms with van der Waals surface area (Å²) < 4.78 is 2.54. The molecule has 1 aromatic heterocycles. The van der Waals surface area contributed by atoms with Gasteiger partial charge in [-0.05, 0) is 18.9 Å².